The molecule has 4 N–H and O–H groups in total. The average Bonchev–Trinajstić information content (AvgIpc) is 3.02. The molecule has 0 saturated heterocycles. The van der Waals surface area contributed by atoms with Crippen molar-refractivity contribution in [3.8, 4) is 11.5 Å². The van der Waals surface area contributed by atoms with Crippen molar-refractivity contribution in [2.24, 2.45) is 5.73 Å². The molecule has 0 aliphatic heterocycles. The first kappa shape index (κ1) is 19.0. The molecule has 0 aliphatic carbocycles. The Bertz CT molecular complexity index is 689. The van der Waals surface area contributed by atoms with Gasteiger partial charge in [-0.2, -0.15) is 0 Å². The zero-order valence-electron chi connectivity index (χ0n) is 14.6. The highest BCUT2D eigenvalue weighted by molar-refractivity contribution is 7.80. The molecule has 0 unspecified atom stereocenters. The maximum Gasteiger partial charge on any atom is 0.170 e. The van der Waals surface area contributed by atoms with E-state index in [1.165, 1.54) is 0 Å². The number of nitrogens with two attached hydrogens (primary N) is 1. The van der Waals surface area contributed by atoms with Crippen molar-refractivity contribution >= 4 is 23.0 Å². The molecular formula is C17H25N5O2S. The summed E-state index contributed by atoms with van der Waals surface area (Å²) in [5.74, 6) is 1.30. The van der Waals surface area contributed by atoms with E-state index < -0.39 is 0 Å². The van der Waals surface area contributed by atoms with Gasteiger partial charge in [0.25, 0.3) is 0 Å². The quantitative estimate of drug-likeness (QED) is 0.463. The Kier molecular flexibility index (Phi) is 7.49. The fraction of sp³-hybridized carbons (Fsp3) is 0.412. The van der Waals surface area contributed by atoms with Gasteiger partial charge in [-0.15, -0.1) is 0 Å². The highest BCUT2D eigenvalue weighted by atomic mass is 32.1. The summed E-state index contributed by atoms with van der Waals surface area (Å²) in [5, 5.41) is 6.92. The fourth-order valence-electron chi connectivity index (χ4n) is 2.28. The van der Waals surface area contributed by atoms with Gasteiger partial charge < -0.3 is 30.4 Å². The van der Waals surface area contributed by atoms with E-state index in [0.717, 1.165) is 30.9 Å². The minimum atomic E-state index is 0.427. The predicted molar refractivity (Wildman–Crippen MR) is 103 cm³/mol. The van der Waals surface area contributed by atoms with Gasteiger partial charge in [-0.3, -0.25) is 0 Å². The number of anilines is 1. The topological polar surface area (TPSA) is 86.4 Å². The molecule has 1 aromatic carbocycles. The molecule has 1 aromatic heterocycles. The van der Waals surface area contributed by atoms with Crippen molar-refractivity contribution < 1.29 is 9.47 Å². The van der Waals surface area contributed by atoms with Gasteiger partial charge in [-0.05, 0) is 37.7 Å². The van der Waals surface area contributed by atoms with E-state index in [0.29, 0.717) is 29.8 Å². The van der Waals surface area contributed by atoms with Crippen molar-refractivity contribution in [2.75, 3.05) is 32.1 Å². The highest BCUT2D eigenvalue weighted by Gasteiger charge is 2.07. The SMILES string of the molecule is COc1ccc(NC(=S)NCCCn2cncc2C)cc1OCCN. The van der Waals surface area contributed by atoms with Crippen LogP contribution in [0.4, 0.5) is 5.69 Å². The molecule has 0 aliphatic rings. The van der Waals surface area contributed by atoms with Crippen LogP contribution in [-0.4, -0.2) is 41.5 Å². The minimum absolute atomic E-state index is 0.427. The number of ether oxygens (including phenoxy) is 2. The number of nitrogens with one attached hydrogen (secondary N) is 2. The van der Waals surface area contributed by atoms with E-state index in [1.807, 2.05) is 37.6 Å². The summed E-state index contributed by atoms with van der Waals surface area (Å²) < 4.78 is 13.0. The summed E-state index contributed by atoms with van der Waals surface area (Å²) >= 11 is 5.33. The molecule has 0 spiro atoms. The molecule has 0 bridgehead atoms. The van der Waals surface area contributed by atoms with Gasteiger partial charge in [-0.25, -0.2) is 4.98 Å². The van der Waals surface area contributed by atoms with E-state index >= 15 is 0 Å². The Labute approximate surface area is 153 Å². The van der Waals surface area contributed by atoms with Gasteiger partial charge in [0.2, 0.25) is 0 Å². The maximum absolute atomic E-state index is 5.59. The van der Waals surface area contributed by atoms with Gasteiger partial charge in [0.15, 0.2) is 16.6 Å². The number of hydrogen-bond donors (Lipinski definition) is 3. The van der Waals surface area contributed by atoms with Crippen LogP contribution in [0.5, 0.6) is 11.5 Å². The number of methoxy groups -OCH3 is 1. The van der Waals surface area contributed by atoms with Crippen molar-refractivity contribution in [1.29, 1.82) is 0 Å². The monoisotopic (exact) mass is 363 g/mol. The van der Waals surface area contributed by atoms with Crippen molar-refractivity contribution in [1.82, 2.24) is 14.9 Å². The Morgan fingerprint density at radius 1 is 1.36 bits per heavy atom. The summed E-state index contributed by atoms with van der Waals surface area (Å²) in [6, 6.07) is 5.56. The second-order valence-electron chi connectivity index (χ2n) is 5.47. The summed E-state index contributed by atoms with van der Waals surface area (Å²) in [4.78, 5) is 4.11. The van der Waals surface area contributed by atoms with Gasteiger partial charge in [-0.1, -0.05) is 0 Å². The Morgan fingerprint density at radius 2 is 2.20 bits per heavy atom. The lowest BCUT2D eigenvalue weighted by molar-refractivity contribution is 0.303. The number of thiocarbonyl (C=S) groups is 1. The van der Waals surface area contributed by atoms with Crippen molar-refractivity contribution in [3.05, 3.63) is 36.4 Å². The van der Waals surface area contributed by atoms with Crippen LogP contribution in [0.3, 0.4) is 0 Å². The third kappa shape index (κ3) is 5.91. The number of nitrogens with zero attached hydrogens (tertiary/aromatic N) is 2. The summed E-state index contributed by atoms with van der Waals surface area (Å²) in [6.45, 7) is 4.59. The van der Waals surface area contributed by atoms with Crippen LogP contribution in [0.1, 0.15) is 12.1 Å². The predicted octanol–water partition coefficient (Wildman–Crippen LogP) is 1.91. The second-order valence-corrected chi connectivity index (χ2v) is 5.87. The van der Waals surface area contributed by atoms with Gasteiger partial charge in [0.05, 0.1) is 13.4 Å². The molecule has 25 heavy (non-hydrogen) atoms. The van der Waals surface area contributed by atoms with Crippen LogP contribution in [0.25, 0.3) is 0 Å². The number of hydrogen-bond acceptors (Lipinski definition) is 5. The van der Waals surface area contributed by atoms with Gasteiger partial charge in [0, 0.05) is 43.3 Å². The molecule has 2 aromatic rings. The number of benzene rings is 1. The van der Waals surface area contributed by atoms with Gasteiger partial charge >= 0.3 is 0 Å². The lowest BCUT2D eigenvalue weighted by Crippen LogP contribution is -2.29. The van der Waals surface area contributed by atoms with E-state index in [2.05, 4.69) is 20.2 Å². The Balaban J connectivity index is 1.80. The number of rotatable bonds is 9. The van der Waals surface area contributed by atoms with Crippen LogP contribution in [0, 0.1) is 6.92 Å². The number of aromatic nitrogens is 2. The first-order valence-electron chi connectivity index (χ1n) is 8.16. The summed E-state index contributed by atoms with van der Waals surface area (Å²) in [6.07, 6.45) is 4.65. The molecule has 7 nitrogen and oxygen atoms in total. The number of aryl methyl sites for hydroxylation is 2. The zero-order valence-corrected chi connectivity index (χ0v) is 15.4. The van der Waals surface area contributed by atoms with Crippen LogP contribution >= 0.6 is 12.2 Å². The Morgan fingerprint density at radius 3 is 2.88 bits per heavy atom. The lowest BCUT2D eigenvalue weighted by atomic mass is 10.2. The normalized spacial score (nSPS) is 10.4. The molecule has 2 rings (SSSR count). The third-order valence-corrected chi connectivity index (χ3v) is 3.83. The highest BCUT2D eigenvalue weighted by Crippen LogP contribution is 2.30. The molecule has 0 fully saturated rings. The van der Waals surface area contributed by atoms with E-state index in [9.17, 15) is 0 Å². The maximum atomic E-state index is 5.59. The minimum Gasteiger partial charge on any atom is -0.493 e. The van der Waals surface area contributed by atoms with E-state index in [4.69, 9.17) is 27.4 Å². The summed E-state index contributed by atoms with van der Waals surface area (Å²) in [5.41, 5.74) is 7.47. The van der Waals surface area contributed by atoms with Gasteiger partial charge in [0.1, 0.15) is 6.61 Å². The summed E-state index contributed by atoms with van der Waals surface area (Å²) in [7, 11) is 1.60. The van der Waals surface area contributed by atoms with Crippen molar-refractivity contribution in [2.45, 2.75) is 19.9 Å². The van der Waals surface area contributed by atoms with E-state index in [1.54, 1.807) is 7.11 Å². The number of imidazole rings is 1. The van der Waals surface area contributed by atoms with Crippen LogP contribution < -0.4 is 25.8 Å². The first-order valence-corrected chi connectivity index (χ1v) is 8.57. The van der Waals surface area contributed by atoms with E-state index in [-0.39, 0.29) is 0 Å². The molecular weight excluding hydrogens is 338 g/mol. The first-order chi connectivity index (χ1) is 12.1. The molecule has 0 atom stereocenters. The lowest BCUT2D eigenvalue weighted by Gasteiger charge is -2.14. The zero-order chi connectivity index (χ0) is 18.1. The molecule has 1 heterocycles. The Hall–Kier alpha value is -2.32. The molecule has 0 amide bonds. The smallest absolute Gasteiger partial charge is 0.170 e. The van der Waals surface area contributed by atoms with Crippen LogP contribution in [-0.2, 0) is 6.54 Å². The average molecular weight is 363 g/mol. The molecule has 0 radical (unpaired) electrons. The largest absolute Gasteiger partial charge is 0.493 e. The second kappa shape index (κ2) is 9.85. The molecule has 8 heteroatoms. The molecule has 0 saturated carbocycles. The third-order valence-electron chi connectivity index (χ3n) is 3.58. The van der Waals surface area contributed by atoms with Crippen LogP contribution in [0.15, 0.2) is 30.7 Å². The standard InChI is InChI=1S/C17H25N5O2S/c1-13-11-19-12-22(13)8-3-7-20-17(25)21-14-4-5-15(23-2)16(10-14)24-9-6-18/h4-5,10-12H,3,6-9,18H2,1-2H3,(H2,20,21,25). The van der Waals surface area contributed by atoms with Crippen LogP contribution in [0.2, 0.25) is 0 Å². The van der Waals surface area contributed by atoms with Crippen molar-refractivity contribution in [3.63, 3.8) is 0 Å². The molecule has 136 valence electrons. The fourth-order valence-corrected chi connectivity index (χ4v) is 2.50.